The lowest BCUT2D eigenvalue weighted by atomic mass is 9.70. The molecule has 1 atom stereocenters. The molecule has 0 aliphatic carbocycles. The topological polar surface area (TPSA) is 55.3 Å². The quantitative estimate of drug-likeness (QED) is 0.837. The highest BCUT2D eigenvalue weighted by Crippen LogP contribution is 2.41. The van der Waals surface area contributed by atoms with Gasteiger partial charge >= 0.3 is 0 Å². The molecule has 1 saturated heterocycles. The minimum atomic E-state index is -0.0653. The second kappa shape index (κ2) is 4.79. The molecule has 19 heavy (non-hydrogen) atoms. The second-order valence-corrected chi connectivity index (χ2v) is 6.06. The highest BCUT2D eigenvalue weighted by atomic mass is 16.5. The fourth-order valence-corrected chi connectivity index (χ4v) is 3.10. The van der Waals surface area contributed by atoms with Crippen molar-refractivity contribution in [3.8, 4) is 5.88 Å². The van der Waals surface area contributed by atoms with Gasteiger partial charge in [-0.25, -0.2) is 4.98 Å². The standard InChI is InChI=1S/C14H21N3O2/c1-9(2)12-14(3,4)8-17(12)13(18)10-6-15-7-11(16-10)19-5/h6-7,9,12H,8H2,1-5H3. The molecule has 1 aromatic heterocycles. The zero-order valence-corrected chi connectivity index (χ0v) is 12.2. The molecule has 0 bridgehead atoms. The Morgan fingerprint density at radius 3 is 2.68 bits per heavy atom. The van der Waals surface area contributed by atoms with E-state index in [-0.39, 0.29) is 17.4 Å². The highest BCUT2D eigenvalue weighted by Gasteiger charge is 2.49. The highest BCUT2D eigenvalue weighted by molar-refractivity contribution is 5.93. The molecular formula is C14H21N3O2. The van der Waals surface area contributed by atoms with E-state index in [4.69, 9.17) is 4.74 Å². The van der Waals surface area contributed by atoms with Crippen molar-refractivity contribution in [3.63, 3.8) is 0 Å². The molecule has 1 fully saturated rings. The number of nitrogens with zero attached hydrogens (tertiary/aromatic N) is 3. The lowest BCUT2D eigenvalue weighted by molar-refractivity contribution is -0.0523. The van der Waals surface area contributed by atoms with E-state index >= 15 is 0 Å². The molecule has 1 amide bonds. The maximum absolute atomic E-state index is 12.5. The maximum atomic E-state index is 12.5. The average molecular weight is 263 g/mol. The van der Waals surface area contributed by atoms with Gasteiger partial charge in [0, 0.05) is 18.0 Å². The summed E-state index contributed by atoms with van der Waals surface area (Å²) in [6.45, 7) is 9.43. The van der Waals surface area contributed by atoms with E-state index in [2.05, 4.69) is 37.7 Å². The van der Waals surface area contributed by atoms with Gasteiger partial charge in [0.15, 0.2) is 5.69 Å². The summed E-state index contributed by atoms with van der Waals surface area (Å²) in [6, 6.07) is 0.244. The lowest BCUT2D eigenvalue weighted by Crippen LogP contribution is -2.65. The van der Waals surface area contributed by atoms with E-state index in [1.54, 1.807) is 0 Å². The minimum absolute atomic E-state index is 0.0653. The van der Waals surface area contributed by atoms with Crippen molar-refractivity contribution in [1.82, 2.24) is 14.9 Å². The number of methoxy groups -OCH3 is 1. The van der Waals surface area contributed by atoms with Crippen molar-refractivity contribution in [2.24, 2.45) is 11.3 Å². The van der Waals surface area contributed by atoms with Crippen LogP contribution in [0.3, 0.4) is 0 Å². The first-order chi connectivity index (χ1) is 8.86. The maximum Gasteiger partial charge on any atom is 0.274 e. The fourth-order valence-electron chi connectivity index (χ4n) is 3.10. The summed E-state index contributed by atoms with van der Waals surface area (Å²) in [7, 11) is 1.52. The molecule has 1 aromatic rings. The van der Waals surface area contributed by atoms with Crippen molar-refractivity contribution >= 4 is 5.91 Å². The Morgan fingerprint density at radius 2 is 2.16 bits per heavy atom. The molecule has 104 valence electrons. The Morgan fingerprint density at radius 1 is 1.47 bits per heavy atom. The number of likely N-dealkylation sites (tertiary alicyclic amines) is 1. The van der Waals surface area contributed by atoms with Crippen molar-refractivity contribution in [1.29, 1.82) is 0 Å². The van der Waals surface area contributed by atoms with Gasteiger partial charge in [0.25, 0.3) is 5.91 Å². The summed E-state index contributed by atoms with van der Waals surface area (Å²) in [5, 5.41) is 0. The number of aromatic nitrogens is 2. The summed E-state index contributed by atoms with van der Waals surface area (Å²) >= 11 is 0. The van der Waals surface area contributed by atoms with E-state index in [1.807, 2.05) is 4.90 Å². The summed E-state index contributed by atoms with van der Waals surface area (Å²) < 4.78 is 5.01. The average Bonchev–Trinajstić information content (AvgIpc) is 2.34. The van der Waals surface area contributed by atoms with Gasteiger partial charge in [0.1, 0.15) is 0 Å². The summed E-state index contributed by atoms with van der Waals surface area (Å²) in [5.74, 6) is 0.724. The van der Waals surface area contributed by atoms with Crippen molar-refractivity contribution in [2.45, 2.75) is 33.7 Å². The SMILES string of the molecule is COc1cncc(C(=O)N2CC(C)(C)C2C(C)C)n1. The summed E-state index contributed by atoms with van der Waals surface area (Å²) in [6.07, 6.45) is 2.99. The van der Waals surface area contributed by atoms with E-state index < -0.39 is 0 Å². The third kappa shape index (κ3) is 2.41. The molecule has 5 heteroatoms. The number of amides is 1. The van der Waals surface area contributed by atoms with Crippen molar-refractivity contribution in [3.05, 3.63) is 18.1 Å². The Labute approximate surface area is 114 Å². The normalized spacial score (nSPS) is 21.2. The van der Waals surface area contributed by atoms with Gasteiger partial charge in [-0.1, -0.05) is 27.7 Å². The molecule has 1 aliphatic heterocycles. The van der Waals surface area contributed by atoms with Crippen molar-refractivity contribution in [2.75, 3.05) is 13.7 Å². The van der Waals surface area contributed by atoms with Gasteiger partial charge in [0.2, 0.25) is 5.88 Å². The molecule has 1 aliphatic rings. The molecule has 5 nitrogen and oxygen atoms in total. The fraction of sp³-hybridized carbons (Fsp3) is 0.643. The van der Waals surface area contributed by atoms with Crippen molar-refractivity contribution < 1.29 is 9.53 Å². The Kier molecular flexibility index (Phi) is 3.47. The van der Waals surface area contributed by atoms with Gasteiger partial charge in [0.05, 0.1) is 19.5 Å². The minimum Gasteiger partial charge on any atom is -0.480 e. The number of rotatable bonds is 3. The molecular weight excluding hydrogens is 242 g/mol. The van der Waals surface area contributed by atoms with Crippen LogP contribution in [-0.2, 0) is 0 Å². The Bertz CT molecular complexity index is 485. The molecule has 0 spiro atoms. The van der Waals surface area contributed by atoms with Crippen LogP contribution in [0, 0.1) is 11.3 Å². The predicted octanol–water partition coefficient (Wildman–Crippen LogP) is 1.99. The van der Waals surface area contributed by atoms with Gasteiger partial charge < -0.3 is 9.64 Å². The van der Waals surface area contributed by atoms with Crippen LogP contribution in [0.1, 0.15) is 38.2 Å². The molecule has 1 unspecified atom stereocenters. The van der Waals surface area contributed by atoms with Crippen LogP contribution in [-0.4, -0.2) is 40.5 Å². The number of carbonyl (C=O) groups is 1. The van der Waals surface area contributed by atoms with Gasteiger partial charge in [-0.3, -0.25) is 9.78 Å². The van der Waals surface area contributed by atoms with Crippen LogP contribution in [0.25, 0.3) is 0 Å². The van der Waals surface area contributed by atoms with Gasteiger partial charge in [-0.2, -0.15) is 0 Å². The molecule has 0 saturated carbocycles. The van der Waals surface area contributed by atoms with Crippen LogP contribution in [0.4, 0.5) is 0 Å². The van der Waals surface area contributed by atoms with E-state index in [9.17, 15) is 4.79 Å². The van der Waals surface area contributed by atoms with Crippen LogP contribution in [0.15, 0.2) is 12.4 Å². The zero-order chi connectivity index (χ0) is 14.2. The lowest BCUT2D eigenvalue weighted by Gasteiger charge is -2.56. The van der Waals surface area contributed by atoms with Gasteiger partial charge in [-0.15, -0.1) is 0 Å². The van der Waals surface area contributed by atoms with E-state index in [0.717, 1.165) is 6.54 Å². The van der Waals surface area contributed by atoms with E-state index in [1.165, 1.54) is 19.5 Å². The molecule has 0 N–H and O–H groups in total. The molecule has 2 rings (SSSR count). The number of ether oxygens (including phenoxy) is 1. The van der Waals surface area contributed by atoms with Gasteiger partial charge in [-0.05, 0) is 5.92 Å². The monoisotopic (exact) mass is 263 g/mol. The Hall–Kier alpha value is -1.65. The second-order valence-electron chi connectivity index (χ2n) is 6.06. The first-order valence-electron chi connectivity index (χ1n) is 6.54. The molecule has 0 radical (unpaired) electrons. The number of hydrogen-bond donors (Lipinski definition) is 0. The third-order valence-electron chi connectivity index (χ3n) is 3.65. The smallest absolute Gasteiger partial charge is 0.274 e. The Balaban J connectivity index is 2.21. The zero-order valence-electron chi connectivity index (χ0n) is 12.2. The first kappa shape index (κ1) is 13.8. The largest absolute Gasteiger partial charge is 0.480 e. The third-order valence-corrected chi connectivity index (χ3v) is 3.65. The molecule has 0 aromatic carbocycles. The van der Waals surface area contributed by atoms with Crippen LogP contribution >= 0.6 is 0 Å². The molecule has 2 heterocycles. The first-order valence-corrected chi connectivity index (χ1v) is 6.54. The predicted molar refractivity (Wildman–Crippen MR) is 72.0 cm³/mol. The number of carbonyl (C=O) groups excluding carboxylic acids is 1. The summed E-state index contributed by atoms with van der Waals surface area (Å²) in [4.78, 5) is 22.5. The van der Waals surface area contributed by atoms with Crippen LogP contribution in [0.5, 0.6) is 5.88 Å². The van der Waals surface area contributed by atoms with Crippen LogP contribution < -0.4 is 4.74 Å². The summed E-state index contributed by atoms with van der Waals surface area (Å²) in [5.41, 5.74) is 0.511. The van der Waals surface area contributed by atoms with Crippen LogP contribution in [0.2, 0.25) is 0 Å². The number of hydrogen-bond acceptors (Lipinski definition) is 4. The van der Waals surface area contributed by atoms with E-state index in [0.29, 0.717) is 17.5 Å².